The Labute approximate surface area is 288 Å². The van der Waals surface area contributed by atoms with Gasteiger partial charge in [0.1, 0.15) is 24.0 Å². The maximum absolute atomic E-state index is 15.4. The predicted molar refractivity (Wildman–Crippen MR) is 194 cm³/mol. The quantitative estimate of drug-likeness (QED) is 0.278. The van der Waals surface area contributed by atoms with Crippen molar-refractivity contribution in [3.05, 3.63) is 58.5 Å². The lowest BCUT2D eigenvalue weighted by Crippen LogP contribution is -2.56. The number of piperidine rings is 1. The molecule has 0 radical (unpaired) electrons. The highest BCUT2D eigenvalue weighted by atomic mass is 19.1. The number of phenols is 1. The van der Waals surface area contributed by atoms with Gasteiger partial charge in [-0.25, -0.2) is 4.39 Å². The number of aryl methyl sites for hydroxylation is 1. The van der Waals surface area contributed by atoms with Gasteiger partial charge in [-0.2, -0.15) is 9.97 Å². The van der Waals surface area contributed by atoms with Crippen LogP contribution in [0.15, 0.2) is 35.3 Å². The Morgan fingerprint density at radius 2 is 1.86 bits per heavy atom. The van der Waals surface area contributed by atoms with E-state index in [-0.39, 0.29) is 28.7 Å². The molecule has 1 aromatic heterocycles. The zero-order chi connectivity index (χ0) is 33.9. The Balaban J connectivity index is 1.34. The highest BCUT2D eigenvalue weighted by Crippen LogP contribution is 2.46. The summed E-state index contributed by atoms with van der Waals surface area (Å²) in [5.41, 5.74) is 5.49. The summed E-state index contributed by atoms with van der Waals surface area (Å²) in [4.78, 5) is 20.5. The number of benzene rings is 2. The van der Waals surface area contributed by atoms with E-state index < -0.39 is 0 Å². The molecule has 1 aliphatic carbocycles. The van der Waals surface area contributed by atoms with Gasteiger partial charge < -0.3 is 19.5 Å². The number of aromatic nitrogens is 2. The molecule has 2 aromatic carbocycles. The van der Waals surface area contributed by atoms with Crippen LogP contribution in [0.3, 0.4) is 0 Å². The lowest BCUT2D eigenvalue weighted by atomic mass is 9.81. The number of anilines is 1. The minimum atomic E-state index is -0.253. The Kier molecular flexibility index (Phi) is 8.26. The minimum absolute atomic E-state index is 0.0190. The number of phenolic OH excluding ortho intramolecular Hbond substituents is 1. The van der Waals surface area contributed by atoms with Crippen LogP contribution in [0.1, 0.15) is 95.0 Å². The SMILES string of the molecule is C/C=C1\C(=NC(C)C)C(c2cc(O)cc3ccc(F)c(CC)c23)=Cc2nc(OCC34CCCN3CCC4)nc(N3CCCC4(CCO4)C3)c21. The number of aromatic hydroxyl groups is 1. The van der Waals surface area contributed by atoms with Crippen molar-refractivity contribution in [2.24, 2.45) is 4.99 Å². The van der Waals surface area contributed by atoms with E-state index >= 15 is 4.39 Å². The molecule has 49 heavy (non-hydrogen) atoms. The van der Waals surface area contributed by atoms with E-state index in [1.54, 1.807) is 18.2 Å². The predicted octanol–water partition coefficient (Wildman–Crippen LogP) is 7.61. The van der Waals surface area contributed by atoms with Crippen molar-refractivity contribution < 1.29 is 19.0 Å². The maximum atomic E-state index is 15.4. The van der Waals surface area contributed by atoms with Gasteiger partial charge in [0.15, 0.2) is 0 Å². The van der Waals surface area contributed by atoms with Crippen molar-refractivity contribution in [2.45, 2.75) is 96.2 Å². The molecule has 0 amide bonds. The molecular formula is C40H48FN5O3. The van der Waals surface area contributed by atoms with Gasteiger partial charge in [0, 0.05) is 36.7 Å². The average molecular weight is 666 g/mol. The largest absolute Gasteiger partial charge is 0.508 e. The minimum Gasteiger partial charge on any atom is -0.508 e. The third-order valence-electron chi connectivity index (χ3n) is 11.5. The van der Waals surface area contributed by atoms with Crippen molar-refractivity contribution in [2.75, 3.05) is 44.3 Å². The number of hydrogen-bond donors (Lipinski definition) is 1. The van der Waals surface area contributed by atoms with Gasteiger partial charge in [0.25, 0.3) is 0 Å². The molecule has 9 heteroatoms. The zero-order valence-corrected chi connectivity index (χ0v) is 29.3. The van der Waals surface area contributed by atoms with Gasteiger partial charge >= 0.3 is 6.01 Å². The van der Waals surface area contributed by atoms with Crippen LogP contribution in [0.4, 0.5) is 10.2 Å². The molecule has 258 valence electrons. The van der Waals surface area contributed by atoms with Crippen LogP contribution in [0.5, 0.6) is 11.8 Å². The van der Waals surface area contributed by atoms with E-state index in [0.29, 0.717) is 24.6 Å². The fraction of sp³-hybridized carbons (Fsp3) is 0.525. The van der Waals surface area contributed by atoms with Crippen LogP contribution in [0.2, 0.25) is 0 Å². The van der Waals surface area contributed by atoms with Crippen LogP contribution >= 0.6 is 0 Å². The van der Waals surface area contributed by atoms with Crippen LogP contribution in [-0.2, 0) is 11.2 Å². The molecule has 1 N–H and O–H groups in total. The lowest BCUT2D eigenvalue weighted by Gasteiger charge is -2.49. The molecule has 1 spiro atoms. The van der Waals surface area contributed by atoms with Gasteiger partial charge in [-0.05, 0) is 125 Å². The number of allylic oxidation sites excluding steroid dienone is 3. The maximum Gasteiger partial charge on any atom is 0.319 e. The molecule has 0 bridgehead atoms. The fourth-order valence-corrected chi connectivity index (χ4v) is 9.16. The second-order valence-corrected chi connectivity index (χ2v) is 14.9. The van der Waals surface area contributed by atoms with Crippen molar-refractivity contribution >= 4 is 39.5 Å². The Bertz CT molecular complexity index is 1880. The number of fused-ring (bicyclic) bond motifs is 3. The Morgan fingerprint density at radius 1 is 1.08 bits per heavy atom. The summed E-state index contributed by atoms with van der Waals surface area (Å²) < 4.78 is 28.2. The monoisotopic (exact) mass is 665 g/mol. The average Bonchev–Trinajstić information content (AvgIpc) is 3.66. The molecule has 5 aliphatic rings. The lowest BCUT2D eigenvalue weighted by molar-refractivity contribution is -0.151. The van der Waals surface area contributed by atoms with Crippen molar-refractivity contribution in [1.29, 1.82) is 0 Å². The molecular weight excluding hydrogens is 617 g/mol. The standard InChI is InChI=1S/C40H48FN5O3/c1-5-28-32(41)11-10-26-20-27(47)21-30(34(26)28)31-22-33-35(29(6-2)36(31)42-25(3)4)37(45-16-9-14-40(23-45)15-19-49-40)44-38(43-33)48-24-39-12-7-17-46(39)18-8-13-39/h6,10-11,20-22,25,47H,5,7-9,12-19,23-24H2,1-4H3/b29-6-,42-36?. The fourth-order valence-electron chi connectivity index (χ4n) is 9.16. The van der Waals surface area contributed by atoms with Crippen LogP contribution in [-0.4, -0.2) is 82.3 Å². The molecule has 0 saturated carbocycles. The molecule has 8 nitrogen and oxygen atoms in total. The van der Waals surface area contributed by atoms with E-state index in [1.807, 2.05) is 13.8 Å². The normalized spacial score (nSPS) is 24.9. The van der Waals surface area contributed by atoms with E-state index in [0.717, 1.165) is 115 Å². The van der Waals surface area contributed by atoms with Gasteiger partial charge in [-0.15, -0.1) is 0 Å². The van der Waals surface area contributed by atoms with Crippen LogP contribution in [0, 0.1) is 5.82 Å². The summed E-state index contributed by atoms with van der Waals surface area (Å²) in [5.74, 6) is 0.720. The summed E-state index contributed by atoms with van der Waals surface area (Å²) in [7, 11) is 0. The summed E-state index contributed by atoms with van der Waals surface area (Å²) in [6.07, 6.45) is 12.5. The van der Waals surface area contributed by atoms with E-state index in [4.69, 9.17) is 24.4 Å². The first-order chi connectivity index (χ1) is 23.7. The van der Waals surface area contributed by atoms with Crippen molar-refractivity contribution in [3.63, 3.8) is 0 Å². The zero-order valence-electron chi connectivity index (χ0n) is 29.3. The number of hydrogen-bond acceptors (Lipinski definition) is 8. The highest BCUT2D eigenvalue weighted by Gasteiger charge is 2.46. The molecule has 1 atom stereocenters. The van der Waals surface area contributed by atoms with Crippen molar-refractivity contribution in [1.82, 2.24) is 14.9 Å². The third kappa shape index (κ3) is 5.53. The molecule has 5 heterocycles. The second-order valence-electron chi connectivity index (χ2n) is 14.9. The molecule has 4 aliphatic heterocycles. The number of aliphatic imine (C=N–C) groups is 1. The highest BCUT2D eigenvalue weighted by molar-refractivity contribution is 6.50. The summed E-state index contributed by atoms with van der Waals surface area (Å²) in [6, 6.07) is 7.06. The Hall–Kier alpha value is -3.82. The first-order valence-corrected chi connectivity index (χ1v) is 18.3. The van der Waals surface area contributed by atoms with E-state index in [1.165, 1.54) is 18.9 Å². The van der Waals surface area contributed by atoms with E-state index in [2.05, 4.69) is 35.8 Å². The molecule has 4 saturated heterocycles. The number of ether oxygens (including phenoxy) is 2. The summed E-state index contributed by atoms with van der Waals surface area (Å²) >= 11 is 0. The van der Waals surface area contributed by atoms with Crippen molar-refractivity contribution in [3.8, 4) is 11.8 Å². The van der Waals surface area contributed by atoms with Gasteiger partial charge in [-0.3, -0.25) is 9.89 Å². The van der Waals surface area contributed by atoms with Gasteiger partial charge in [0.05, 0.1) is 34.7 Å². The second kappa shape index (κ2) is 12.5. The molecule has 4 fully saturated rings. The summed E-state index contributed by atoms with van der Waals surface area (Å²) in [5, 5.41) is 12.6. The molecule has 1 unspecified atom stereocenters. The third-order valence-corrected chi connectivity index (χ3v) is 11.5. The number of rotatable bonds is 7. The number of nitrogens with zero attached hydrogens (tertiary/aromatic N) is 5. The summed E-state index contributed by atoms with van der Waals surface area (Å²) in [6.45, 7) is 13.4. The topological polar surface area (TPSA) is 83.3 Å². The Morgan fingerprint density at radius 3 is 2.55 bits per heavy atom. The smallest absolute Gasteiger partial charge is 0.319 e. The molecule has 8 rings (SSSR count). The number of halogens is 1. The van der Waals surface area contributed by atoms with Crippen LogP contribution < -0.4 is 9.64 Å². The van der Waals surface area contributed by atoms with Gasteiger partial charge in [0.2, 0.25) is 0 Å². The molecule has 3 aromatic rings. The first-order valence-electron chi connectivity index (χ1n) is 18.3. The first kappa shape index (κ1) is 32.4. The van der Waals surface area contributed by atoms with Gasteiger partial charge in [-0.1, -0.05) is 19.1 Å². The van der Waals surface area contributed by atoms with Crippen LogP contribution in [0.25, 0.3) is 28.0 Å². The van der Waals surface area contributed by atoms with E-state index in [9.17, 15) is 5.11 Å².